The van der Waals surface area contributed by atoms with E-state index < -0.39 is 5.63 Å². The Morgan fingerprint density at radius 1 is 1.17 bits per heavy atom. The van der Waals surface area contributed by atoms with Crippen molar-refractivity contribution in [3.8, 4) is 17.2 Å². The number of aromatic hydroxyl groups is 2. The molecule has 2 aromatic carbocycles. The summed E-state index contributed by atoms with van der Waals surface area (Å²) >= 11 is 0. The third-order valence-electron chi connectivity index (χ3n) is 3.33. The topological polar surface area (TPSA) is 92.3 Å². The van der Waals surface area contributed by atoms with E-state index in [-0.39, 0.29) is 22.8 Å². The number of hydrogen-bond donors (Lipinski definition) is 2. The Balaban J connectivity index is 2.10. The van der Waals surface area contributed by atoms with Gasteiger partial charge in [0.1, 0.15) is 17.1 Å². The number of hydrogen-bond acceptors (Lipinski definition) is 6. The van der Waals surface area contributed by atoms with Gasteiger partial charge in [-0.15, -0.1) is 0 Å². The molecule has 3 rings (SSSR count). The zero-order chi connectivity index (χ0) is 16.4. The van der Waals surface area contributed by atoms with Crippen molar-refractivity contribution in [2.45, 2.75) is 0 Å². The van der Waals surface area contributed by atoms with E-state index in [9.17, 15) is 15.0 Å². The van der Waals surface area contributed by atoms with Crippen LogP contribution in [0.5, 0.6) is 17.2 Å². The lowest BCUT2D eigenvalue weighted by atomic mass is 10.2. The second kappa shape index (κ2) is 5.84. The first-order chi connectivity index (χ1) is 11.1. The van der Waals surface area contributed by atoms with E-state index in [1.807, 2.05) is 0 Å². The predicted molar refractivity (Wildman–Crippen MR) is 86.1 cm³/mol. The molecule has 3 aromatic rings. The minimum atomic E-state index is -0.764. The Morgan fingerprint density at radius 3 is 2.74 bits per heavy atom. The zero-order valence-corrected chi connectivity index (χ0v) is 12.2. The van der Waals surface area contributed by atoms with Gasteiger partial charge in [-0.3, -0.25) is 0 Å². The Kier molecular flexibility index (Phi) is 3.72. The summed E-state index contributed by atoms with van der Waals surface area (Å²) < 4.78 is 10.2. The molecular weight excluding hydrogens is 298 g/mol. The summed E-state index contributed by atoms with van der Waals surface area (Å²) in [6.07, 6.45) is 1.26. The molecule has 0 spiro atoms. The lowest BCUT2D eigenvalue weighted by molar-refractivity contribution is 0.412. The van der Waals surface area contributed by atoms with Crippen LogP contribution < -0.4 is 10.4 Å². The van der Waals surface area contributed by atoms with Crippen LogP contribution in [0.15, 0.2) is 56.7 Å². The molecular formula is C17H13NO5. The van der Waals surface area contributed by atoms with Crippen molar-refractivity contribution in [1.82, 2.24) is 0 Å². The molecule has 1 heterocycles. The molecule has 0 saturated carbocycles. The lowest BCUT2D eigenvalue weighted by Crippen LogP contribution is -1.99. The van der Waals surface area contributed by atoms with Gasteiger partial charge in [0.25, 0.3) is 0 Å². The van der Waals surface area contributed by atoms with Gasteiger partial charge in [-0.25, -0.2) is 9.79 Å². The summed E-state index contributed by atoms with van der Waals surface area (Å²) in [5, 5.41) is 20.4. The molecule has 23 heavy (non-hydrogen) atoms. The Bertz CT molecular complexity index is 959. The van der Waals surface area contributed by atoms with Crippen LogP contribution in [-0.2, 0) is 0 Å². The van der Waals surface area contributed by atoms with E-state index in [4.69, 9.17) is 9.15 Å². The number of ether oxygens (including phenoxy) is 1. The molecule has 0 atom stereocenters. The van der Waals surface area contributed by atoms with Crippen LogP contribution in [0.3, 0.4) is 0 Å². The number of phenols is 1. The highest BCUT2D eigenvalue weighted by molar-refractivity contribution is 5.91. The number of rotatable bonds is 3. The summed E-state index contributed by atoms with van der Waals surface area (Å²) in [4.78, 5) is 15.9. The second-order valence-electron chi connectivity index (χ2n) is 4.77. The SMILES string of the molecule is COc1ccc(O)c(C=Nc2c(O)c3ccccc3oc2=O)c1. The maximum atomic E-state index is 12.0. The fraction of sp³-hybridized carbons (Fsp3) is 0.0588. The zero-order valence-electron chi connectivity index (χ0n) is 12.2. The molecule has 0 saturated heterocycles. The molecule has 6 heteroatoms. The lowest BCUT2D eigenvalue weighted by Gasteiger charge is -2.04. The van der Waals surface area contributed by atoms with Gasteiger partial charge in [-0.2, -0.15) is 0 Å². The van der Waals surface area contributed by atoms with Gasteiger partial charge in [0.05, 0.1) is 12.5 Å². The smallest absolute Gasteiger partial charge is 0.366 e. The van der Waals surface area contributed by atoms with Gasteiger partial charge in [0.15, 0.2) is 11.4 Å². The van der Waals surface area contributed by atoms with E-state index >= 15 is 0 Å². The highest BCUT2D eigenvalue weighted by Crippen LogP contribution is 2.31. The van der Waals surface area contributed by atoms with Crippen molar-refractivity contribution < 1.29 is 19.4 Å². The highest BCUT2D eigenvalue weighted by atomic mass is 16.5. The summed E-state index contributed by atoms with van der Waals surface area (Å²) in [7, 11) is 1.50. The molecule has 0 fully saturated rings. The molecule has 0 aliphatic rings. The number of methoxy groups -OCH3 is 1. The predicted octanol–water partition coefficient (Wildman–Crippen LogP) is 2.96. The van der Waals surface area contributed by atoms with Crippen molar-refractivity contribution >= 4 is 22.9 Å². The number of fused-ring (bicyclic) bond motifs is 1. The van der Waals surface area contributed by atoms with Gasteiger partial charge >= 0.3 is 5.63 Å². The van der Waals surface area contributed by atoms with Gasteiger partial charge < -0.3 is 19.4 Å². The van der Waals surface area contributed by atoms with Crippen molar-refractivity contribution in [2.75, 3.05) is 7.11 Å². The van der Waals surface area contributed by atoms with Gasteiger partial charge in [-0.05, 0) is 30.3 Å². The first kappa shape index (κ1) is 14.6. The first-order valence-electron chi connectivity index (χ1n) is 6.76. The molecule has 1 aromatic heterocycles. The van der Waals surface area contributed by atoms with Crippen molar-refractivity contribution in [2.24, 2.45) is 4.99 Å². The Morgan fingerprint density at radius 2 is 1.96 bits per heavy atom. The standard InChI is InChI=1S/C17H13NO5/c1-22-11-6-7-13(19)10(8-11)9-18-15-16(20)12-4-2-3-5-14(12)23-17(15)21/h2-9,19-20H,1H3. The summed E-state index contributed by atoms with van der Waals surface area (Å²) in [6.45, 7) is 0. The number of phenolic OH excluding ortho intramolecular Hbond substituents is 1. The van der Waals surface area contributed by atoms with Crippen molar-refractivity contribution in [3.63, 3.8) is 0 Å². The number of aliphatic imine (C=N–C) groups is 1. The molecule has 6 nitrogen and oxygen atoms in total. The van der Waals surface area contributed by atoms with E-state index in [1.165, 1.54) is 19.4 Å². The Labute approximate surface area is 130 Å². The van der Waals surface area contributed by atoms with Crippen molar-refractivity contribution in [1.29, 1.82) is 0 Å². The van der Waals surface area contributed by atoms with Crippen LogP contribution in [0.25, 0.3) is 11.0 Å². The average molecular weight is 311 g/mol. The van der Waals surface area contributed by atoms with Crippen LogP contribution in [0.1, 0.15) is 5.56 Å². The van der Waals surface area contributed by atoms with E-state index in [2.05, 4.69) is 4.99 Å². The largest absolute Gasteiger partial charge is 0.507 e. The molecule has 116 valence electrons. The van der Waals surface area contributed by atoms with Gasteiger partial charge in [0, 0.05) is 11.8 Å². The molecule has 0 aliphatic heterocycles. The fourth-order valence-corrected chi connectivity index (χ4v) is 2.13. The Hall–Kier alpha value is -3.28. The maximum Gasteiger partial charge on any atom is 0.366 e. The van der Waals surface area contributed by atoms with E-state index in [0.717, 1.165) is 0 Å². The summed E-state index contributed by atoms with van der Waals surface area (Å²) in [5.41, 5.74) is -0.375. The van der Waals surface area contributed by atoms with Crippen molar-refractivity contribution in [3.05, 3.63) is 58.4 Å². The molecule has 2 N–H and O–H groups in total. The molecule has 0 amide bonds. The number of para-hydroxylation sites is 1. The van der Waals surface area contributed by atoms with E-state index in [0.29, 0.717) is 16.7 Å². The minimum absolute atomic E-state index is 0.0285. The average Bonchev–Trinajstić information content (AvgIpc) is 2.56. The van der Waals surface area contributed by atoms with Crippen LogP contribution in [0, 0.1) is 0 Å². The monoisotopic (exact) mass is 311 g/mol. The molecule has 0 unspecified atom stereocenters. The van der Waals surface area contributed by atoms with E-state index in [1.54, 1.807) is 36.4 Å². The molecule has 0 aliphatic carbocycles. The first-order valence-corrected chi connectivity index (χ1v) is 6.76. The third kappa shape index (κ3) is 2.74. The van der Waals surface area contributed by atoms with Crippen LogP contribution >= 0.6 is 0 Å². The fourth-order valence-electron chi connectivity index (χ4n) is 2.13. The molecule has 0 radical (unpaired) electrons. The number of nitrogens with zero attached hydrogens (tertiary/aromatic N) is 1. The van der Waals surface area contributed by atoms with Gasteiger partial charge in [-0.1, -0.05) is 12.1 Å². The van der Waals surface area contributed by atoms with Crippen LogP contribution in [0.4, 0.5) is 5.69 Å². The van der Waals surface area contributed by atoms with Crippen LogP contribution in [0.2, 0.25) is 0 Å². The quantitative estimate of drug-likeness (QED) is 0.573. The summed E-state index contributed by atoms with van der Waals surface area (Å²) in [5.74, 6) is 0.230. The maximum absolute atomic E-state index is 12.0. The van der Waals surface area contributed by atoms with Gasteiger partial charge in [0.2, 0.25) is 0 Å². The second-order valence-corrected chi connectivity index (χ2v) is 4.77. The third-order valence-corrected chi connectivity index (χ3v) is 3.33. The molecule has 0 bridgehead atoms. The summed E-state index contributed by atoms with van der Waals surface area (Å²) in [6, 6.07) is 11.2. The normalized spacial score (nSPS) is 11.2. The van der Waals surface area contributed by atoms with Crippen LogP contribution in [-0.4, -0.2) is 23.5 Å². The highest BCUT2D eigenvalue weighted by Gasteiger charge is 2.12. The number of benzene rings is 2. The minimum Gasteiger partial charge on any atom is -0.507 e.